The van der Waals surface area contributed by atoms with Crippen LogP contribution in [0.1, 0.15) is 42.6 Å². The SMILES string of the molecule is O=C1NC(=O)/C(=C\c2ccnc(NC3CCC(NCc4cccc(-c5ccccc5C(F)(F)F)n4)CC3)n2)S1. The predicted octanol–water partition coefficient (Wildman–Crippen LogP) is 5.39. The van der Waals surface area contributed by atoms with Crippen molar-refractivity contribution >= 4 is 34.9 Å². The molecule has 1 aliphatic carbocycles. The van der Waals surface area contributed by atoms with Crippen LogP contribution in [0.4, 0.5) is 23.9 Å². The molecule has 1 saturated carbocycles. The summed E-state index contributed by atoms with van der Waals surface area (Å²) in [6.45, 7) is 0.457. The quantitative estimate of drug-likeness (QED) is 0.334. The first-order valence-corrected chi connectivity index (χ1v) is 13.3. The predicted molar refractivity (Wildman–Crippen MR) is 142 cm³/mol. The van der Waals surface area contributed by atoms with Crippen LogP contribution in [0.15, 0.2) is 59.6 Å². The number of amides is 2. The molecular formula is C27H25F3N6O2S. The Labute approximate surface area is 226 Å². The second-order valence-corrected chi connectivity index (χ2v) is 10.3. The highest BCUT2D eigenvalue weighted by atomic mass is 32.2. The van der Waals surface area contributed by atoms with Gasteiger partial charge in [0.1, 0.15) is 0 Å². The summed E-state index contributed by atoms with van der Waals surface area (Å²) in [5, 5.41) is 8.64. The molecule has 2 aliphatic rings. The fourth-order valence-electron chi connectivity index (χ4n) is 4.63. The van der Waals surface area contributed by atoms with Gasteiger partial charge in [-0.05, 0) is 67.8 Å². The van der Waals surface area contributed by atoms with Gasteiger partial charge in [-0.1, -0.05) is 24.3 Å². The number of aromatic nitrogens is 3. The van der Waals surface area contributed by atoms with Crippen molar-refractivity contribution < 1.29 is 22.8 Å². The van der Waals surface area contributed by atoms with Crippen LogP contribution in [-0.4, -0.2) is 38.2 Å². The lowest BCUT2D eigenvalue weighted by Gasteiger charge is -2.29. The number of carbonyl (C=O) groups is 2. The molecule has 12 heteroatoms. The Morgan fingerprint density at radius 2 is 1.74 bits per heavy atom. The fraction of sp³-hybridized carbons (Fsp3) is 0.296. The molecule has 2 aromatic heterocycles. The first-order valence-electron chi connectivity index (χ1n) is 12.4. The van der Waals surface area contributed by atoms with E-state index in [1.54, 1.807) is 36.5 Å². The van der Waals surface area contributed by atoms with Gasteiger partial charge in [0.2, 0.25) is 5.95 Å². The van der Waals surface area contributed by atoms with Crippen molar-refractivity contribution in [1.82, 2.24) is 25.6 Å². The Morgan fingerprint density at radius 3 is 2.49 bits per heavy atom. The van der Waals surface area contributed by atoms with Gasteiger partial charge < -0.3 is 10.6 Å². The number of imide groups is 1. The van der Waals surface area contributed by atoms with Gasteiger partial charge >= 0.3 is 6.18 Å². The number of nitrogens with zero attached hydrogens (tertiary/aromatic N) is 3. The smallest absolute Gasteiger partial charge is 0.351 e. The van der Waals surface area contributed by atoms with Gasteiger partial charge in [0, 0.05) is 30.4 Å². The van der Waals surface area contributed by atoms with E-state index in [1.807, 2.05) is 6.07 Å². The van der Waals surface area contributed by atoms with E-state index < -0.39 is 22.9 Å². The number of carbonyl (C=O) groups excluding carboxylic acids is 2. The van der Waals surface area contributed by atoms with Crippen LogP contribution < -0.4 is 16.0 Å². The molecule has 202 valence electrons. The van der Waals surface area contributed by atoms with Gasteiger partial charge in [-0.2, -0.15) is 13.2 Å². The first-order chi connectivity index (χ1) is 18.7. The van der Waals surface area contributed by atoms with Crippen molar-refractivity contribution in [3.8, 4) is 11.3 Å². The van der Waals surface area contributed by atoms with E-state index >= 15 is 0 Å². The summed E-state index contributed by atoms with van der Waals surface area (Å²) in [7, 11) is 0. The number of hydrogen-bond donors (Lipinski definition) is 3. The van der Waals surface area contributed by atoms with Crippen LogP contribution in [0.3, 0.4) is 0 Å². The summed E-state index contributed by atoms with van der Waals surface area (Å²) < 4.78 is 40.3. The highest BCUT2D eigenvalue weighted by molar-refractivity contribution is 8.18. The minimum Gasteiger partial charge on any atom is -0.351 e. The zero-order chi connectivity index (χ0) is 27.4. The molecule has 8 nitrogen and oxygen atoms in total. The van der Waals surface area contributed by atoms with E-state index in [0.717, 1.165) is 43.5 Å². The highest BCUT2D eigenvalue weighted by Gasteiger charge is 2.33. The molecule has 0 atom stereocenters. The number of hydrogen-bond acceptors (Lipinski definition) is 8. The third-order valence-corrected chi connectivity index (χ3v) is 7.36. The summed E-state index contributed by atoms with van der Waals surface area (Å²) in [5.74, 6) is 0.0210. The van der Waals surface area contributed by atoms with Crippen LogP contribution in [0.5, 0.6) is 0 Å². The molecular weight excluding hydrogens is 529 g/mol. The largest absolute Gasteiger partial charge is 0.417 e. The van der Waals surface area contributed by atoms with Crippen molar-refractivity contribution in [3.63, 3.8) is 0 Å². The van der Waals surface area contributed by atoms with Crippen LogP contribution in [-0.2, 0) is 17.5 Å². The van der Waals surface area contributed by atoms with Gasteiger partial charge in [-0.25, -0.2) is 9.97 Å². The minimum absolute atomic E-state index is 0.0691. The van der Waals surface area contributed by atoms with Crippen LogP contribution in [0, 0.1) is 0 Å². The summed E-state index contributed by atoms with van der Waals surface area (Å²) >= 11 is 0.838. The zero-order valence-electron chi connectivity index (χ0n) is 20.7. The van der Waals surface area contributed by atoms with Gasteiger partial charge in [0.15, 0.2) is 0 Å². The number of rotatable bonds is 7. The van der Waals surface area contributed by atoms with Crippen molar-refractivity contribution in [1.29, 1.82) is 0 Å². The topological polar surface area (TPSA) is 109 Å². The molecule has 39 heavy (non-hydrogen) atoms. The number of thioether (sulfide) groups is 1. The number of benzene rings is 1. The fourth-order valence-corrected chi connectivity index (χ4v) is 5.30. The van der Waals surface area contributed by atoms with Gasteiger partial charge in [-0.15, -0.1) is 0 Å². The number of anilines is 1. The summed E-state index contributed by atoms with van der Waals surface area (Å²) in [6, 6.07) is 12.7. The molecule has 0 bridgehead atoms. The number of nitrogens with one attached hydrogen (secondary N) is 3. The Bertz CT molecular complexity index is 1410. The van der Waals surface area contributed by atoms with E-state index in [9.17, 15) is 22.8 Å². The second-order valence-electron chi connectivity index (χ2n) is 9.29. The van der Waals surface area contributed by atoms with E-state index in [2.05, 4.69) is 30.9 Å². The van der Waals surface area contributed by atoms with E-state index in [-0.39, 0.29) is 17.6 Å². The summed E-state index contributed by atoms with van der Waals surface area (Å²) in [4.78, 5) is 36.6. The molecule has 3 heterocycles. The molecule has 2 amide bonds. The minimum atomic E-state index is -4.45. The highest BCUT2D eigenvalue weighted by Crippen LogP contribution is 2.36. The molecule has 1 aliphatic heterocycles. The molecule has 5 rings (SSSR count). The third kappa shape index (κ3) is 6.82. The number of alkyl halides is 3. The van der Waals surface area contributed by atoms with Crippen molar-refractivity contribution in [3.05, 3.63) is 76.6 Å². The molecule has 0 spiro atoms. The van der Waals surface area contributed by atoms with Gasteiger partial charge in [-0.3, -0.25) is 19.9 Å². The van der Waals surface area contributed by atoms with Gasteiger partial charge in [0.05, 0.1) is 27.6 Å². The number of halogens is 3. The molecule has 1 saturated heterocycles. The molecule has 1 aromatic carbocycles. The average Bonchev–Trinajstić information content (AvgIpc) is 3.24. The molecule has 3 N–H and O–H groups in total. The van der Waals surface area contributed by atoms with E-state index in [1.165, 1.54) is 12.1 Å². The lowest BCUT2D eigenvalue weighted by molar-refractivity contribution is -0.137. The molecule has 2 fully saturated rings. The Morgan fingerprint density at radius 1 is 0.974 bits per heavy atom. The molecule has 0 unspecified atom stereocenters. The van der Waals surface area contributed by atoms with Crippen LogP contribution in [0.2, 0.25) is 0 Å². The van der Waals surface area contributed by atoms with Crippen LogP contribution >= 0.6 is 11.8 Å². The Kier molecular flexibility index (Phi) is 7.94. The lowest BCUT2D eigenvalue weighted by Crippen LogP contribution is -2.37. The normalized spacial score (nSPS) is 20.7. The van der Waals surface area contributed by atoms with Crippen LogP contribution in [0.25, 0.3) is 17.3 Å². The van der Waals surface area contributed by atoms with Crippen molar-refractivity contribution in [2.75, 3.05) is 5.32 Å². The lowest BCUT2D eigenvalue weighted by atomic mass is 9.91. The van der Waals surface area contributed by atoms with Gasteiger partial charge in [0.25, 0.3) is 11.1 Å². The average molecular weight is 555 g/mol. The van der Waals surface area contributed by atoms with Crippen molar-refractivity contribution in [2.24, 2.45) is 0 Å². The molecule has 0 radical (unpaired) electrons. The Balaban J connectivity index is 1.14. The standard InChI is InChI=1S/C27H25F3N6O2S/c28-27(29,30)21-6-2-1-5-20(21)22-7-3-4-19(33-22)15-32-16-8-10-17(11-9-16)34-25-31-13-12-18(35-25)14-23-24(37)36-26(38)39-23/h1-7,12-14,16-17,32H,8-11,15H2,(H,31,34,35)(H,36,37,38)/b23-14+. The first kappa shape index (κ1) is 26.8. The monoisotopic (exact) mass is 554 g/mol. The van der Waals surface area contributed by atoms with E-state index in [0.29, 0.717) is 34.5 Å². The maximum Gasteiger partial charge on any atom is 0.417 e. The van der Waals surface area contributed by atoms with Crippen molar-refractivity contribution in [2.45, 2.75) is 50.5 Å². The molecule has 3 aromatic rings. The summed E-state index contributed by atoms with van der Waals surface area (Å²) in [5.41, 5.74) is 0.881. The summed E-state index contributed by atoms with van der Waals surface area (Å²) in [6.07, 6.45) is 2.27. The maximum atomic E-state index is 13.4. The zero-order valence-corrected chi connectivity index (χ0v) is 21.5. The number of pyridine rings is 1. The maximum absolute atomic E-state index is 13.4. The third-order valence-electron chi connectivity index (χ3n) is 6.55. The van der Waals surface area contributed by atoms with E-state index in [4.69, 9.17) is 0 Å². The Hall–Kier alpha value is -3.77. The second kappa shape index (κ2) is 11.5.